The molecule has 0 aliphatic carbocycles. The molecule has 2 N–H and O–H groups in total. The molecule has 0 unspecified atom stereocenters. The van der Waals surface area contributed by atoms with E-state index in [-0.39, 0.29) is 5.91 Å². The van der Waals surface area contributed by atoms with E-state index in [1.807, 2.05) is 18.7 Å². The van der Waals surface area contributed by atoms with Crippen LogP contribution < -0.4 is 9.64 Å². The molecule has 0 saturated carbocycles. The average Bonchev–Trinajstić information content (AvgIpc) is 3.16. The van der Waals surface area contributed by atoms with Gasteiger partial charge in [-0.15, -0.1) is 0 Å². The Kier molecular flexibility index (Phi) is 5.40. The van der Waals surface area contributed by atoms with Gasteiger partial charge < -0.3 is 24.6 Å². The molecule has 2 aliphatic heterocycles. The first-order valence-corrected chi connectivity index (χ1v) is 10.2. The standard InChI is InChI=1S/C20H28N6O3/c1-3-29-17-5-8-21-19(24-17)26-10-6-16(27)20(13-26)7-4-9-25(12-20)18(28)15-11-22-14(2)23-15/h5,8,11,16,27H,3-4,6-7,9-10,12-13H2,1-2H3,(H,22,23)/t16-,20+/m1/s1. The van der Waals surface area contributed by atoms with Crippen molar-refractivity contribution in [3.63, 3.8) is 0 Å². The molecule has 4 rings (SSSR count). The lowest BCUT2D eigenvalue weighted by atomic mass is 9.71. The summed E-state index contributed by atoms with van der Waals surface area (Å²) in [5.74, 6) is 1.81. The zero-order chi connectivity index (χ0) is 20.4. The number of nitrogens with zero attached hydrogens (tertiary/aromatic N) is 5. The maximum atomic E-state index is 12.9. The fraction of sp³-hybridized carbons (Fsp3) is 0.600. The third-order valence-corrected chi connectivity index (χ3v) is 5.91. The minimum atomic E-state index is -0.465. The Morgan fingerprint density at radius 3 is 3.00 bits per heavy atom. The minimum absolute atomic E-state index is 0.0661. The third kappa shape index (κ3) is 3.91. The van der Waals surface area contributed by atoms with Crippen molar-refractivity contribution in [1.29, 1.82) is 0 Å². The first-order chi connectivity index (χ1) is 14.0. The molecule has 1 amide bonds. The van der Waals surface area contributed by atoms with Crippen LogP contribution in [0.5, 0.6) is 5.88 Å². The number of rotatable bonds is 4. The van der Waals surface area contributed by atoms with E-state index < -0.39 is 11.5 Å². The van der Waals surface area contributed by atoms with E-state index in [2.05, 4.69) is 24.8 Å². The molecule has 2 fully saturated rings. The van der Waals surface area contributed by atoms with Crippen LogP contribution in [0.3, 0.4) is 0 Å². The van der Waals surface area contributed by atoms with Crippen molar-refractivity contribution < 1.29 is 14.6 Å². The number of aliphatic hydroxyl groups is 1. The predicted molar refractivity (Wildman–Crippen MR) is 107 cm³/mol. The smallest absolute Gasteiger partial charge is 0.271 e. The second-order valence-electron chi connectivity index (χ2n) is 7.93. The Morgan fingerprint density at radius 1 is 1.38 bits per heavy atom. The van der Waals surface area contributed by atoms with E-state index >= 15 is 0 Å². The van der Waals surface area contributed by atoms with Gasteiger partial charge in [0.05, 0.1) is 18.9 Å². The molecule has 9 nitrogen and oxygen atoms in total. The van der Waals surface area contributed by atoms with Crippen molar-refractivity contribution in [2.45, 2.75) is 39.2 Å². The summed E-state index contributed by atoms with van der Waals surface area (Å²) in [5.41, 5.74) is 0.0982. The van der Waals surface area contributed by atoms with E-state index in [1.54, 1.807) is 18.5 Å². The molecule has 2 saturated heterocycles. The first-order valence-electron chi connectivity index (χ1n) is 10.2. The lowest BCUT2D eigenvalue weighted by Gasteiger charge is -2.50. The molecular weight excluding hydrogens is 372 g/mol. The van der Waals surface area contributed by atoms with Gasteiger partial charge in [0.1, 0.15) is 11.5 Å². The molecular formula is C20H28N6O3. The van der Waals surface area contributed by atoms with Gasteiger partial charge in [-0.25, -0.2) is 9.97 Å². The Morgan fingerprint density at radius 2 is 2.24 bits per heavy atom. The molecule has 2 aromatic heterocycles. The number of ether oxygens (including phenoxy) is 1. The Hall–Kier alpha value is -2.68. The van der Waals surface area contributed by atoms with Gasteiger partial charge in [-0.3, -0.25) is 4.79 Å². The minimum Gasteiger partial charge on any atom is -0.478 e. The van der Waals surface area contributed by atoms with E-state index in [9.17, 15) is 9.90 Å². The number of nitrogens with one attached hydrogen (secondary N) is 1. The van der Waals surface area contributed by atoms with E-state index in [0.717, 1.165) is 18.7 Å². The number of aromatic amines is 1. The number of likely N-dealkylation sites (tertiary alicyclic amines) is 1. The maximum absolute atomic E-state index is 12.9. The van der Waals surface area contributed by atoms with Gasteiger partial charge in [0.25, 0.3) is 5.91 Å². The summed E-state index contributed by atoms with van der Waals surface area (Å²) in [6.07, 6.45) is 5.14. The van der Waals surface area contributed by atoms with E-state index in [0.29, 0.717) is 56.7 Å². The van der Waals surface area contributed by atoms with Crippen molar-refractivity contribution in [3.05, 3.63) is 30.0 Å². The highest BCUT2D eigenvalue weighted by Crippen LogP contribution is 2.40. The summed E-state index contributed by atoms with van der Waals surface area (Å²) >= 11 is 0. The molecule has 29 heavy (non-hydrogen) atoms. The number of H-pyrrole nitrogens is 1. The lowest BCUT2D eigenvalue weighted by Crippen LogP contribution is -2.60. The number of anilines is 1. The quantitative estimate of drug-likeness (QED) is 0.799. The molecule has 2 atom stereocenters. The van der Waals surface area contributed by atoms with Crippen LogP contribution in [0.25, 0.3) is 0 Å². The summed E-state index contributed by atoms with van der Waals surface area (Å²) in [5, 5.41) is 10.9. The number of hydrogen-bond acceptors (Lipinski definition) is 7. The van der Waals surface area contributed by atoms with Crippen molar-refractivity contribution in [2.75, 3.05) is 37.7 Å². The molecule has 2 aliphatic rings. The van der Waals surface area contributed by atoms with Crippen LogP contribution in [-0.2, 0) is 0 Å². The predicted octanol–water partition coefficient (Wildman–Crippen LogP) is 1.40. The highest BCUT2D eigenvalue weighted by atomic mass is 16.5. The van der Waals surface area contributed by atoms with Crippen LogP contribution in [0.4, 0.5) is 5.95 Å². The van der Waals surface area contributed by atoms with Crippen LogP contribution in [-0.4, -0.2) is 74.7 Å². The van der Waals surface area contributed by atoms with Crippen LogP contribution in [0.2, 0.25) is 0 Å². The summed E-state index contributed by atoms with van der Waals surface area (Å²) < 4.78 is 5.51. The highest BCUT2D eigenvalue weighted by molar-refractivity contribution is 5.92. The summed E-state index contributed by atoms with van der Waals surface area (Å²) in [7, 11) is 0. The maximum Gasteiger partial charge on any atom is 0.271 e. The largest absolute Gasteiger partial charge is 0.478 e. The average molecular weight is 400 g/mol. The molecule has 1 spiro atoms. The van der Waals surface area contributed by atoms with E-state index in [1.165, 1.54) is 0 Å². The summed E-state index contributed by atoms with van der Waals surface area (Å²) in [6.45, 7) is 6.76. The number of carbonyl (C=O) groups excluding carboxylic acids is 1. The highest BCUT2D eigenvalue weighted by Gasteiger charge is 2.47. The van der Waals surface area contributed by atoms with E-state index in [4.69, 9.17) is 4.74 Å². The number of aromatic nitrogens is 4. The topological polar surface area (TPSA) is 107 Å². The number of aryl methyl sites for hydroxylation is 1. The number of carbonyl (C=O) groups is 1. The fourth-order valence-electron chi connectivity index (χ4n) is 4.47. The molecule has 0 radical (unpaired) electrons. The van der Waals surface area contributed by atoms with Crippen molar-refractivity contribution in [2.24, 2.45) is 5.41 Å². The summed E-state index contributed by atoms with van der Waals surface area (Å²) in [4.78, 5) is 32.9. The van der Waals surface area contributed by atoms with Crippen LogP contribution in [0.1, 0.15) is 42.5 Å². The van der Waals surface area contributed by atoms with Crippen LogP contribution in [0, 0.1) is 12.3 Å². The zero-order valence-electron chi connectivity index (χ0n) is 17.0. The van der Waals surface area contributed by atoms with Gasteiger partial charge in [-0.1, -0.05) is 0 Å². The SMILES string of the molecule is CCOc1ccnc(N2CC[C@@H](O)[C@]3(CCCN(C(=O)c4cnc(C)[nH]4)C3)C2)n1. The third-order valence-electron chi connectivity index (χ3n) is 5.91. The first kappa shape index (κ1) is 19.6. The van der Waals surface area contributed by atoms with Gasteiger partial charge in [0.2, 0.25) is 11.8 Å². The van der Waals surface area contributed by atoms with Gasteiger partial charge in [-0.05, 0) is 33.1 Å². The fourth-order valence-corrected chi connectivity index (χ4v) is 4.47. The number of amides is 1. The van der Waals surface area contributed by atoms with Gasteiger partial charge in [0.15, 0.2) is 0 Å². The van der Waals surface area contributed by atoms with Crippen molar-refractivity contribution in [3.8, 4) is 5.88 Å². The summed E-state index contributed by atoms with van der Waals surface area (Å²) in [6, 6.07) is 1.74. The molecule has 4 heterocycles. The van der Waals surface area contributed by atoms with Crippen molar-refractivity contribution >= 4 is 11.9 Å². The van der Waals surface area contributed by atoms with Gasteiger partial charge in [0, 0.05) is 43.9 Å². The molecule has 0 aromatic carbocycles. The second-order valence-corrected chi connectivity index (χ2v) is 7.93. The number of hydrogen-bond donors (Lipinski definition) is 2. The Bertz CT molecular complexity index is 871. The van der Waals surface area contributed by atoms with Crippen LogP contribution in [0.15, 0.2) is 18.5 Å². The van der Waals surface area contributed by atoms with Crippen LogP contribution >= 0.6 is 0 Å². The second kappa shape index (κ2) is 7.98. The number of piperidine rings is 2. The molecule has 2 aromatic rings. The zero-order valence-corrected chi connectivity index (χ0v) is 17.0. The number of aliphatic hydroxyl groups excluding tert-OH is 1. The lowest BCUT2D eigenvalue weighted by molar-refractivity contribution is -0.0365. The van der Waals surface area contributed by atoms with Crippen molar-refractivity contribution in [1.82, 2.24) is 24.8 Å². The van der Waals surface area contributed by atoms with Gasteiger partial charge >= 0.3 is 0 Å². The van der Waals surface area contributed by atoms with Gasteiger partial charge in [-0.2, -0.15) is 4.98 Å². The molecule has 156 valence electrons. The molecule has 9 heteroatoms. The Balaban J connectivity index is 1.53. The normalized spacial score (nSPS) is 24.7. The number of imidazole rings is 1. The molecule has 0 bridgehead atoms. The monoisotopic (exact) mass is 400 g/mol. The Labute approximate surface area is 170 Å².